The molecule has 0 nitrogen and oxygen atoms in total. The van der Waals surface area contributed by atoms with Crippen LogP contribution >= 0.6 is 0 Å². The van der Waals surface area contributed by atoms with Gasteiger partial charge in [-0.25, -0.2) is 5.57 Å². The van der Waals surface area contributed by atoms with Gasteiger partial charge in [-0.3, -0.25) is 6.08 Å². The molecule has 1 unspecified atom stereocenters. The van der Waals surface area contributed by atoms with E-state index in [1.54, 1.807) is 44.1 Å². The number of halogens is 2. The maximum Gasteiger partial charge on any atom is -0.0771 e. The van der Waals surface area contributed by atoms with E-state index in [2.05, 4.69) is 127 Å². The monoisotopic (exact) mass is 706 g/mol. The van der Waals surface area contributed by atoms with Crippen LogP contribution in [0.4, 0.5) is 0 Å². The molecule has 4 bridgehead atoms. The predicted molar refractivity (Wildman–Crippen MR) is 181 cm³/mol. The molecule has 0 spiro atoms. The molecular weight excluding hydrogens is 667 g/mol. The average Bonchev–Trinajstić information content (AvgIpc) is 3.54. The molecule has 0 radical (unpaired) electrons. The van der Waals surface area contributed by atoms with Crippen LogP contribution in [0.15, 0.2) is 114 Å². The van der Waals surface area contributed by atoms with Crippen molar-refractivity contribution in [2.75, 3.05) is 0 Å². The molecule has 5 aromatic carbocycles. The Morgan fingerprint density at radius 2 is 1.24 bits per heavy atom. The first-order valence-corrected chi connectivity index (χ1v) is 17.7. The molecule has 0 heterocycles. The predicted octanol–water partition coefficient (Wildman–Crippen LogP) is 5.18. The van der Waals surface area contributed by atoms with Crippen molar-refractivity contribution in [3.63, 3.8) is 0 Å². The second kappa shape index (κ2) is 14.7. The molecule has 5 aromatic rings. The molecule has 0 N–H and O–H groups in total. The minimum atomic E-state index is 0. The fourth-order valence-electron chi connectivity index (χ4n) is 9.28. The summed E-state index contributed by atoms with van der Waals surface area (Å²) in [5.41, 5.74) is 5.15. The first-order valence-electron chi connectivity index (χ1n) is 16.3. The van der Waals surface area contributed by atoms with E-state index in [9.17, 15) is 0 Å². The molecular formula is C42H42Cl2Zr-2. The van der Waals surface area contributed by atoms with E-state index >= 15 is 0 Å². The molecule has 230 valence electrons. The van der Waals surface area contributed by atoms with Crippen LogP contribution in [0.2, 0.25) is 0 Å². The Hall–Kier alpha value is -2.18. The van der Waals surface area contributed by atoms with Gasteiger partial charge in [0.15, 0.2) is 0 Å². The molecule has 3 heteroatoms. The maximum absolute atomic E-state index is 3.57. The summed E-state index contributed by atoms with van der Waals surface area (Å²) in [7, 11) is 0. The quantitative estimate of drug-likeness (QED) is 0.227. The topological polar surface area (TPSA) is 0 Å². The summed E-state index contributed by atoms with van der Waals surface area (Å²) in [5.74, 6) is 3.82. The Morgan fingerprint density at radius 1 is 0.733 bits per heavy atom. The molecule has 0 aromatic heterocycles. The standard InChI is InChI=1S/C18H25.C13H9.C11H8.2ClH.Zr/c1-12-3-13(2)17(4-12)11-18-8-14-5-15(9-18)7-16(6-14)10-18;1-3-7-12-10(5-1)9-11-6-2-4-8-13(11)12;1-9-5-4-7-10-6-2-3-8-11(9)10;;;/h4,12,14-16H,5-11H2,1-2H3;1-9H;1-8H;2*1H;/q2*-1;;;;+2/p-2. The Bertz CT molecular complexity index is 1750. The van der Waals surface area contributed by atoms with E-state index in [1.165, 1.54) is 74.1 Å². The number of rotatable bonds is 3. The van der Waals surface area contributed by atoms with Crippen molar-refractivity contribution in [3.05, 3.63) is 126 Å². The number of fused-ring (bicyclic) bond motifs is 4. The number of benzene rings is 4. The third-order valence-electron chi connectivity index (χ3n) is 10.6. The van der Waals surface area contributed by atoms with Gasteiger partial charge in [0.2, 0.25) is 0 Å². The molecule has 1 atom stereocenters. The van der Waals surface area contributed by atoms with Crippen LogP contribution in [0.3, 0.4) is 0 Å². The first kappa shape index (κ1) is 34.2. The molecule has 0 saturated heterocycles. The summed E-state index contributed by atoms with van der Waals surface area (Å²) in [6, 6.07) is 34.2. The zero-order valence-electron chi connectivity index (χ0n) is 26.4. The second-order valence-corrected chi connectivity index (χ2v) is 14.6. The molecule has 0 aliphatic heterocycles. The van der Waals surface area contributed by atoms with Crippen LogP contribution < -0.4 is 24.8 Å². The summed E-state index contributed by atoms with van der Waals surface area (Å²) >= 11 is 1.46. The van der Waals surface area contributed by atoms with Gasteiger partial charge in [-0.2, -0.15) is 11.6 Å². The minimum absolute atomic E-state index is 0. The largest absolute Gasteiger partial charge is 0.126 e. The van der Waals surface area contributed by atoms with Gasteiger partial charge in [-0.1, -0.05) is 62.6 Å². The van der Waals surface area contributed by atoms with E-state index < -0.39 is 0 Å². The van der Waals surface area contributed by atoms with Gasteiger partial charge in [-0.15, -0.1) is 39.7 Å². The van der Waals surface area contributed by atoms with Crippen molar-refractivity contribution < 1.29 is 49.0 Å². The van der Waals surface area contributed by atoms with Crippen molar-refractivity contribution in [1.29, 1.82) is 0 Å². The van der Waals surface area contributed by atoms with Gasteiger partial charge in [0.25, 0.3) is 0 Å². The molecule has 5 aliphatic carbocycles. The van der Waals surface area contributed by atoms with Crippen LogP contribution in [0.1, 0.15) is 64.4 Å². The SMILES string of the molecule is CC1=[C-]C(C)C=C1CC12CC3CC(CC(C3)C1)C2.[Cl-].[Cl-].[Zr+2]=[CH]c1cccc2ccccc12.c1ccc2c(c1)[cH-]c1ccccc12. The second-order valence-electron chi connectivity index (χ2n) is 13.9. The zero-order valence-corrected chi connectivity index (χ0v) is 30.4. The molecule has 4 saturated carbocycles. The van der Waals surface area contributed by atoms with Crippen molar-refractivity contribution >= 4 is 36.0 Å². The molecule has 10 rings (SSSR count). The minimum Gasteiger partial charge on any atom is -0.126 e. The van der Waals surface area contributed by atoms with Gasteiger partial charge < -0.3 is 24.8 Å². The van der Waals surface area contributed by atoms with Crippen LogP contribution in [0.5, 0.6) is 0 Å². The van der Waals surface area contributed by atoms with Crippen molar-refractivity contribution in [2.24, 2.45) is 29.1 Å². The fourth-order valence-corrected chi connectivity index (χ4v) is 9.90. The molecule has 4 fully saturated rings. The van der Waals surface area contributed by atoms with E-state index in [1.807, 2.05) is 0 Å². The van der Waals surface area contributed by atoms with Crippen LogP contribution in [0.25, 0.3) is 32.3 Å². The van der Waals surface area contributed by atoms with Gasteiger partial charge in [0.1, 0.15) is 0 Å². The molecule has 45 heavy (non-hydrogen) atoms. The maximum atomic E-state index is 3.57. The zero-order chi connectivity index (χ0) is 29.4. The van der Waals surface area contributed by atoms with Crippen molar-refractivity contribution in [3.8, 4) is 0 Å². The van der Waals surface area contributed by atoms with Gasteiger partial charge in [-0.05, 0) is 61.7 Å². The van der Waals surface area contributed by atoms with Gasteiger partial charge in [0.05, 0.1) is 0 Å². The van der Waals surface area contributed by atoms with E-state index in [0.29, 0.717) is 11.3 Å². The third-order valence-corrected chi connectivity index (χ3v) is 11.4. The molecule has 0 amide bonds. The number of hydrogen-bond acceptors (Lipinski definition) is 0. The third kappa shape index (κ3) is 7.38. The van der Waals surface area contributed by atoms with Crippen LogP contribution in [-0.2, 0) is 24.2 Å². The summed E-state index contributed by atoms with van der Waals surface area (Å²) in [5, 5.41) is 8.08. The average molecular weight is 709 g/mol. The smallest absolute Gasteiger partial charge is 0.0771 e. The summed E-state index contributed by atoms with van der Waals surface area (Å²) in [6.07, 6.45) is 16.7. The Morgan fingerprint density at radius 3 is 1.78 bits per heavy atom. The van der Waals surface area contributed by atoms with Crippen LogP contribution in [0, 0.1) is 35.2 Å². The first-order chi connectivity index (χ1) is 21.0. The van der Waals surface area contributed by atoms with Crippen LogP contribution in [-0.4, -0.2) is 3.71 Å². The fraction of sp³-hybridized carbons (Fsp3) is 0.333. The summed E-state index contributed by atoms with van der Waals surface area (Å²) in [4.78, 5) is 0. The van der Waals surface area contributed by atoms with E-state index in [0.717, 1.165) is 17.8 Å². The van der Waals surface area contributed by atoms with E-state index in [4.69, 9.17) is 0 Å². The summed E-state index contributed by atoms with van der Waals surface area (Å²) < 4.78 is 2.23. The molecule has 5 aliphatic rings. The Balaban J connectivity index is 0.000000134. The Labute approximate surface area is 296 Å². The number of hydrogen-bond donors (Lipinski definition) is 0. The number of allylic oxidation sites excluding steroid dienone is 4. The van der Waals surface area contributed by atoms with E-state index in [-0.39, 0.29) is 24.8 Å². The van der Waals surface area contributed by atoms with Crippen molar-refractivity contribution in [1.82, 2.24) is 0 Å². The van der Waals surface area contributed by atoms with Gasteiger partial charge in [0, 0.05) is 0 Å². The summed E-state index contributed by atoms with van der Waals surface area (Å²) in [6.45, 7) is 4.55. The van der Waals surface area contributed by atoms with Crippen molar-refractivity contribution in [2.45, 2.75) is 58.8 Å². The van der Waals surface area contributed by atoms with Gasteiger partial charge >= 0.3 is 86.7 Å². The normalized spacial score (nSPS) is 25.7. The Kier molecular flexibility index (Phi) is 11.2.